The van der Waals surface area contributed by atoms with E-state index in [9.17, 15) is 9.59 Å². The first-order chi connectivity index (χ1) is 8.53. The lowest BCUT2D eigenvalue weighted by molar-refractivity contribution is -0.162. The lowest BCUT2D eigenvalue weighted by Gasteiger charge is -2.36. The van der Waals surface area contributed by atoms with E-state index < -0.39 is 11.4 Å². The van der Waals surface area contributed by atoms with Crippen molar-refractivity contribution in [2.24, 2.45) is 5.41 Å². The highest BCUT2D eigenvalue weighted by Gasteiger charge is 2.51. The van der Waals surface area contributed by atoms with Crippen molar-refractivity contribution >= 4 is 11.9 Å². The first kappa shape index (κ1) is 15.0. The van der Waals surface area contributed by atoms with Crippen molar-refractivity contribution in [2.45, 2.75) is 71.3 Å². The largest absolute Gasteiger partial charge is 0.480 e. The Morgan fingerprint density at radius 1 is 1.28 bits per heavy atom. The van der Waals surface area contributed by atoms with E-state index in [0.29, 0.717) is 12.8 Å². The van der Waals surface area contributed by atoms with Gasteiger partial charge in [-0.3, -0.25) is 9.59 Å². The average molecular weight is 255 g/mol. The second-order valence-corrected chi connectivity index (χ2v) is 5.46. The smallest absolute Gasteiger partial charge is 0.319 e. The third-order valence-electron chi connectivity index (χ3n) is 3.92. The Kier molecular flexibility index (Phi) is 5.63. The van der Waals surface area contributed by atoms with E-state index in [4.69, 9.17) is 5.11 Å². The minimum Gasteiger partial charge on any atom is -0.480 e. The summed E-state index contributed by atoms with van der Waals surface area (Å²) >= 11 is 0. The molecule has 0 saturated heterocycles. The van der Waals surface area contributed by atoms with E-state index in [-0.39, 0.29) is 11.9 Å². The Morgan fingerprint density at radius 2 is 1.94 bits per heavy atom. The highest BCUT2D eigenvalue weighted by atomic mass is 16.4. The molecule has 104 valence electrons. The van der Waals surface area contributed by atoms with Crippen molar-refractivity contribution in [3.8, 4) is 0 Å². The van der Waals surface area contributed by atoms with Gasteiger partial charge in [-0.25, -0.2) is 0 Å². The van der Waals surface area contributed by atoms with Crippen molar-refractivity contribution in [3.05, 3.63) is 0 Å². The van der Waals surface area contributed by atoms with Crippen LogP contribution in [0.2, 0.25) is 0 Å². The Bertz CT molecular complexity index is 297. The number of unbranched alkanes of at least 4 members (excludes halogenated alkanes) is 3. The first-order valence-corrected chi connectivity index (χ1v) is 7.07. The van der Waals surface area contributed by atoms with E-state index >= 15 is 0 Å². The number of carboxylic acids is 1. The van der Waals surface area contributed by atoms with Crippen molar-refractivity contribution in [3.63, 3.8) is 0 Å². The summed E-state index contributed by atoms with van der Waals surface area (Å²) in [5.74, 6) is -1.26. The Morgan fingerprint density at radius 3 is 2.39 bits per heavy atom. The van der Waals surface area contributed by atoms with Crippen LogP contribution in [0, 0.1) is 5.41 Å². The molecular formula is C14H25NO3. The van der Waals surface area contributed by atoms with Gasteiger partial charge in [-0.15, -0.1) is 0 Å². The molecule has 4 nitrogen and oxygen atoms in total. The predicted octanol–water partition coefficient (Wildman–Crippen LogP) is 2.72. The van der Waals surface area contributed by atoms with Crippen molar-refractivity contribution in [1.29, 1.82) is 0 Å². The van der Waals surface area contributed by atoms with Crippen LogP contribution in [0.1, 0.15) is 65.2 Å². The number of carbonyl (C=O) groups is 2. The topological polar surface area (TPSA) is 66.4 Å². The van der Waals surface area contributed by atoms with Crippen LogP contribution < -0.4 is 5.32 Å². The van der Waals surface area contributed by atoms with Crippen molar-refractivity contribution in [2.75, 3.05) is 0 Å². The summed E-state index contributed by atoms with van der Waals surface area (Å²) in [6.07, 6.45) is 7.43. The lowest BCUT2D eigenvalue weighted by atomic mass is 9.68. The van der Waals surface area contributed by atoms with Crippen LogP contribution in [0.3, 0.4) is 0 Å². The van der Waals surface area contributed by atoms with Gasteiger partial charge in [-0.1, -0.05) is 39.0 Å². The summed E-state index contributed by atoms with van der Waals surface area (Å²) < 4.78 is 0. The third kappa shape index (κ3) is 3.47. The molecule has 1 atom stereocenters. The number of hydrogen-bond acceptors (Lipinski definition) is 2. The predicted molar refractivity (Wildman–Crippen MR) is 70.3 cm³/mol. The summed E-state index contributed by atoms with van der Waals surface area (Å²) in [6, 6.07) is 0.0752. The van der Waals surface area contributed by atoms with Crippen molar-refractivity contribution in [1.82, 2.24) is 5.32 Å². The van der Waals surface area contributed by atoms with E-state index in [1.54, 1.807) is 0 Å². The zero-order chi connectivity index (χ0) is 13.6. The fourth-order valence-corrected chi connectivity index (χ4v) is 2.38. The van der Waals surface area contributed by atoms with Gasteiger partial charge in [0.05, 0.1) is 0 Å². The van der Waals surface area contributed by atoms with Crippen LogP contribution in [0.5, 0.6) is 0 Å². The quantitative estimate of drug-likeness (QED) is 0.517. The Labute approximate surface area is 109 Å². The fourth-order valence-electron chi connectivity index (χ4n) is 2.38. The molecule has 1 unspecified atom stereocenters. The minimum absolute atomic E-state index is 0.0752. The van der Waals surface area contributed by atoms with Gasteiger partial charge in [0.1, 0.15) is 5.41 Å². The van der Waals surface area contributed by atoms with E-state index in [1.165, 1.54) is 19.3 Å². The summed E-state index contributed by atoms with van der Waals surface area (Å²) in [5, 5.41) is 12.0. The zero-order valence-corrected chi connectivity index (χ0v) is 11.5. The fraction of sp³-hybridized carbons (Fsp3) is 0.857. The molecule has 2 N–H and O–H groups in total. The van der Waals surface area contributed by atoms with Crippen LogP contribution in [0.15, 0.2) is 0 Å². The van der Waals surface area contributed by atoms with E-state index in [2.05, 4.69) is 12.2 Å². The second-order valence-electron chi connectivity index (χ2n) is 5.46. The lowest BCUT2D eigenvalue weighted by Crippen LogP contribution is -2.53. The maximum Gasteiger partial charge on any atom is 0.319 e. The van der Waals surface area contributed by atoms with Crippen LogP contribution in [-0.4, -0.2) is 23.0 Å². The van der Waals surface area contributed by atoms with E-state index in [1.807, 2.05) is 6.92 Å². The van der Waals surface area contributed by atoms with Gasteiger partial charge < -0.3 is 10.4 Å². The summed E-state index contributed by atoms with van der Waals surface area (Å²) in [7, 11) is 0. The number of amides is 1. The first-order valence-electron chi connectivity index (χ1n) is 7.07. The Hall–Kier alpha value is -1.06. The minimum atomic E-state index is -1.13. The van der Waals surface area contributed by atoms with Crippen molar-refractivity contribution < 1.29 is 14.7 Å². The van der Waals surface area contributed by atoms with Crippen LogP contribution >= 0.6 is 0 Å². The number of carboxylic acid groups (broad SMARTS) is 1. The van der Waals surface area contributed by atoms with Gasteiger partial charge >= 0.3 is 5.97 Å². The number of nitrogens with one attached hydrogen (secondary N) is 1. The molecule has 0 radical (unpaired) electrons. The average Bonchev–Trinajstić information content (AvgIpc) is 2.22. The molecule has 1 saturated carbocycles. The van der Waals surface area contributed by atoms with Gasteiger partial charge in [0.25, 0.3) is 0 Å². The molecule has 1 aliphatic rings. The van der Waals surface area contributed by atoms with Crippen LogP contribution in [-0.2, 0) is 9.59 Å². The molecule has 1 aliphatic carbocycles. The highest BCUT2D eigenvalue weighted by Crippen LogP contribution is 2.41. The molecule has 0 aliphatic heterocycles. The monoisotopic (exact) mass is 255 g/mol. The summed E-state index contributed by atoms with van der Waals surface area (Å²) in [6.45, 7) is 4.12. The molecule has 4 heteroatoms. The molecule has 0 bridgehead atoms. The SMILES string of the molecule is CCCCCCC(C)NC(=O)C1(C(=O)O)CCC1. The summed E-state index contributed by atoms with van der Waals surface area (Å²) in [5.41, 5.74) is -1.13. The molecule has 1 amide bonds. The van der Waals surface area contributed by atoms with Gasteiger partial charge in [-0.05, 0) is 26.2 Å². The highest BCUT2D eigenvalue weighted by molar-refractivity contribution is 6.02. The third-order valence-corrected chi connectivity index (χ3v) is 3.92. The van der Waals surface area contributed by atoms with Crippen LogP contribution in [0.25, 0.3) is 0 Å². The van der Waals surface area contributed by atoms with Gasteiger partial charge in [0.15, 0.2) is 0 Å². The molecule has 0 aromatic heterocycles. The Balaban J connectivity index is 2.32. The maximum absolute atomic E-state index is 12.0. The number of rotatable bonds is 8. The number of aliphatic carboxylic acids is 1. The maximum atomic E-state index is 12.0. The second kappa shape index (κ2) is 6.76. The molecule has 1 fully saturated rings. The molecule has 1 rings (SSSR count). The molecule has 0 aromatic carbocycles. The molecule has 18 heavy (non-hydrogen) atoms. The van der Waals surface area contributed by atoms with Gasteiger partial charge in [-0.2, -0.15) is 0 Å². The molecule has 0 aromatic rings. The molecule has 0 heterocycles. The number of carbonyl (C=O) groups excluding carboxylic acids is 1. The van der Waals surface area contributed by atoms with Gasteiger partial charge in [0.2, 0.25) is 5.91 Å². The molecule has 0 spiro atoms. The summed E-state index contributed by atoms with van der Waals surface area (Å²) in [4.78, 5) is 23.2. The van der Waals surface area contributed by atoms with E-state index in [0.717, 1.165) is 19.3 Å². The van der Waals surface area contributed by atoms with Crippen LogP contribution in [0.4, 0.5) is 0 Å². The zero-order valence-electron chi connectivity index (χ0n) is 11.5. The molecular weight excluding hydrogens is 230 g/mol. The number of hydrogen-bond donors (Lipinski definition) is 2. The normalized spacial score (nSPS) is 18.8. The standard InChI is InChI=1S/C14H25NO3/c1-3-4-5-6-8-11(2)15-12(16)14(13(17)18)9-7-10-14/h11H,3-10H2,1-2H3,(H,15,16)(H,17,18). The van der Waals surface area contributed by atoms with Gasteiger partial charge in [0, 0.05) is 6.04 Å².